The molecule has 1 amide bonds. The van der Waals surface area contributed by atoms with Crippen molar-refractivity contribution in [2.45, 2.75) is 19.3 Å². The molecule has 0 aliphatic carbocycles. The molecular formula is C14H15F2NO2. The minimum absolute atomic E-state index is 0.205. The maximum Gasteiger partial charge on any atom is 0.296 e. The predicted octanol–water partition coefficient (Wildman–Crippen LogP) is 1.91. The molecule has 102 valence electrons. The van der Waals surface area contributed by atoms with Crippen LogP contribution in [-0.2, 0) is 16.0 Å². The highest BCUT2D eigenvalue weighted by atomic mass is 19.3. The molecule has 0 radical (unpaired) electrons. The number of alkyl halides is 2. The van der Waals surface area contributed by atoms with Gasteiger partial charge in [-0.3, -0.25) is 9.59 Å². The number of hydrogen-bond acceptors (Lipinski definition) is 2. The summed E-state index contributed by atoms with van der Waals surface area (Å²) in [4.78, 5) is 24.5. The monoisotopic (exact) mass is 267 g/mol. The third kappa shape index (κ3) is 3.16. The van der Waals surface area contributed by atoms with E-state index >= 15 is 0 Å². The van der Waals surface area contributed by atoms with Gasteiger partial charge in [0.05, 0.1) is 0 Å². The van der Waals surface area contributed by atoms with E-state index in [9.17, 15) is 18.4 Å². The molecule has 1 heterocycles. The van der Waals surface area contributed by atoms with E-state index in [-0.39, 0.29) is 6.42 Å². The third-order valence-electron chi connectivity index (χ3n) is 3.37. The average molecular weight is 267 g/mol. The number of Topliss-reactive ketones (excluding diaryl/α,β-unsaturated/α-hetero) is 1. The van der Waals surface area contributed by atoms with Crippen LogP contribution < -0.4 is 0 Å². The zero-order valence-electron chi connectivity index (χ0n) is 10.4. The first-order chi connectivity index (χ1) is 9.09. The molecule has 1 saturated heterocycles. The van der Waals surface area contributed by atoms with Crippen LogP contribution in [0.4, 0.5) is 8.78 Å². The van der Waals surface area contributed by atoms with Crippen molar-refractivity contribution in [1.29, 1.82) is 0 Å². The quantitative estimate of drug-likeness (QED) is 0.764. The highest BCUT2D eigenvalue weighted by molar-refractivity contribution is 6.03. The number of halogens is 2. The van der Waals surface area contributed by atoms with Crippen LogP contribution in [-0.4, -0.2) is 36.1 Å². The summed E-state index contributed by atoms with van der Waals surface area (Å²) in [6.07, 6.45) is -2.18. The molecule has 0 saturated carbocycles. The fourth-order valence-electron chi connectivity index (χ4n) is 2.29. The molecule has 0 spiro atoms. The topological polar surface area (TPSA) is 37.4 Å². The summed E-state index contributed by atoms with van der Waals surface area (Å²) >= 11 is 0. The first-order valence-electron chi connectivity index (χ1n) is 6.24. The Morgan fingerprint density at radius 3 is 2.63 bits per heavy atom. The van der Waals surface area contributed by atoms with E-state index in [1.54, 1.807) is 0 Å². The summed E-state index contributed by atoms with van der Waals surface area (Å²) < 4.78 is 24.6. The van der Waals surface area contributed by atoms with E-state index < -0.39 is 24.0 Å². The highest BCUT2D eigenvalue weighted by Crippen LogP contribution is 2.21. The van der Waals surface area contributed by atoms with Gasteiger partial charge in [-0.15, -0.1) is 0 Å². The molecule has 1 fully saturated rings. The van der Waals surface area contributed by atoms with E-state index in [0.29, 0.717) is 19.5 Å². The molecular weight excluding hydrogens is 252 g/mol. The molecule has 0 bridgehead atoms. The van der Waals surface area contributed by atoms with Crippen LogP contribution in [0.1, 0.15) is 12.0 Å². The van der Waals surface area contributed by atoms with Gasteiger partial charge < -0.3 is 4.90 Å². The first-order valence-corrected chi connectivity index (χ1v) is 6.24. The van der Waals surface area contributed by atoms with Gasteiger partial charge in [-0.2, -0.15) is 0 Å². The fraction of sp³-hybridized carbons (Fsp3) is 0.429. The molecule has 0 N–H and O–H groups in total. The number of amides is 1. The summed E-state index contributed by atoms with van der Waals surface area (Å²) in [6.45, 7) is 0.852. The summed E-state index contributed by atoms with van der Waals surface area (Å²) in [5, 5.41) is 0. The molecule has 1 unspecified atom stereocenters. The second-order valence-corrected chi connectivity index (χ2v) is 4.61. The van der Waals surface area contributed by atoms with Crippen molar-refractivity contribution in [2.24, 2.45) is 5.92 Å². The lowest BCUT2D eigenvalue weighted by Crippen LogP contribution is -2.33. The summed E-state index contributed by atoms with van der Waals surface area (Å²) in [6, 6.07) is 9.61. The number of carbonyl (C=O) groups is 2. The standard InChI is InChI=1S/C14H15F2NO2/c15-13(16)12(18)11-7-9-17(14(11)19)8-6-10-4-2-1-3-5-10/h1-5,11,13H,6-9H2. The minimum atomic E-state index is -3.05. The molecule has 2 rings (SSSR count). The number of benzene rings is 1. The van der Waals surface area contributed by atoms with Crippen molar-refractivity contribution in [3.05, 3.63) is 35.9 Å². The lowest BCUT2D eigenvalue weighted by atomic mass is 10.0. The second kappa shape index (κ2) is 5.91. The largest absolute Gasteiger partial charge is 0.342 e. The first kappa shape index (κ1) is 13.6. The molecule has 1 aromatic rings. The number of ketones is 1. The van der Waals surface area contributed by atoms with Crippen molar-refractivity contribution in [3.63, 3.8) is 0 Å². The molecule has 19 heavy (non-hydrogen) atoms. The third-order valence-corrected chi connectivity index (χ3v) is 3.37. The maximum atomic E-state index is 12.3. The molecule has 1 aliphatic heterocycles. The highest BCUT2D eigenvalue weighted by Gasteiger charge is 2.39. The van der Waals surface area contributed by atoms with Crippen LogP contribution in [0.3, 0.4) is 0 Å². The molecule has 1 aliphatic rings. The van der Waals surface area contributed by atoms with Gasteiger partial charge in [-0.25, -0.2) is 8.78 Å². The number of carbonyl (C=O) groups excluding carboxylic acids is 2. The Bertz CT molecular complexity index is 462. The minimum Gasteiger partial charge on any atom is -0.342 e. The summed E-state index contributed by atoms with van der Waals surface area (Å²) in [7, 11) is 0. The van der Waals surface area contributed by atoms with Crippen LogP contribution in [0, 0.1) is 5.92 Å². The zero-order valence-corrected chi connectivity index (χ0v) is 10.4. The smallest absolute Gasteiger partial charge is 0.296 e. The second-order valence-electron chi connectivity index (χ2n) is 4.61. The Labute approximate surface area is 110 Å². The van der Waals surface area contributed by atoms with Gasteiger partial charge in [0.25, 0.3) is 6.43 Å². The van der Waals surface area contributed by atoms with E-state index in [1.807, 2.05) is 30.3 Å². The van der Waals surface area contributed by atoms with Gasteiger partial charge in [-0.1, -0.05) is 30.3 Å². The fourth-order valence-corrected chi connectivity index (χ4v) is 2.29. The Kier molecular flexibility index (Phi) is 4.24. The molecule has 3 nitrogen and oxygen atoms in total. The Hall–Kier alpha value is -1.78. The summed E-state index contributed by atoms with van der Waals surface area (Å²) in [5.41, 5.74) is 1.08. The zero-order chi connectivity index (χ0) is 13.8. The van der Waals surface area contributed by atoms with Crippen molar-refractivity contribution in [3.8, 4) is 0 Å². The van der Waals surface area contributed by atoms with Gasteiger partial charge in [0, 0.05) is 13.1 Å². The van der Waals surface area contributed by atoms with Crippen LogP contribution in [0.2, 0.25) is 0 Å². The van der Waals surface area contributed by atoms with Crippen molar-refractivity contribution in [1.82, 2.24) is 4.90 Å². The van der Waals surface area contributed by atoms with Crippen LogP contribution in [0.5, 0.6) is 0 Å². The predicted molar refractivity (Wildman–Crippen MR) is 65.8 cm³/mol. The molecule has 5 heteroatoms. The SMILES string of the molecule is O=C(C(F)F)C1CCN(CCc2ccccc2)C1=O. The molecule has 1 aromatic carbocycles. The lowest BCUT2D eigenvalue weighted by Gasteiger charge is -2.16. The summed E-state index contributed by atoms with van der Waals surface area (Å²) in [5.74, 6) is -2.84. The molecule has 0 aromatic heterocycles. The van der Waals surface area contributed by atoms with E-state index in [4.69, 9.17) is 0 Å². The number of hydrogen-bond donors (Lipinski definition) is 0. The van der Waals surface area contributed by atoms with E-state index in [0.717, 1.165) is 5.56 Å². The van der Waals surface area contributed by atoms with Crippen molar-refractivity contribution < 1.29 is 18.4 Å². The van der Waals surface area contributed by atoms with E-state index in [1.165, 1.54) is 4.90 Å². The Morgan fingerprint density at radius 2 is 2.00 bits per heavy atom. The Morgan fingerprint density at radius 1 is 1.32 bits per heavy atom. The Balaban J connectivity index is 1.90. The average Bonchev–Trinajstić information content (AvgIpc) is 2.78. The van der Waals surface area contributed by atoms with Gasteiger partial charge in [-0.05, 0) is 18.4 Å². The number of rotatable bonds is 5. The van der Waals surface area contributed by atoms with Gasteiger partial charge in [0.15, 0.2) is 0 Å². The number of nitrogens with zero attached hydrogens (tertiary/aromatic N) is 1. The number of likely N-dealkylation sites (tertiary alicyclic amines) is 1. The van der Waals surface area contributed by atoms with Crippen LogP contribution in [0.15, 0.2) is 30.3 Å². The maximum absolute atomic E-state index is 12.3. The van der Waals surface area contributed by atoms with Crippen LogP contribution >= 0.6 is 0 Å². The lowest BCUT2D eigenvalue weighted by molar-refractivity contribution is -0.142. The van der Waals surface area contributed by atoms with Crippen LogP contribution in [0.25, 0.3) is 0 Å². The van der Waals surface area contributed by atoms with Gasteiger partial charge in [0.2, 0.25) is 11.7 Å². The normalized spacial score (nSPS) is 19.2. The van der Waals surface area contributed by atoms with Crippen molar-refractivity contribution >= 4 is 11.7 Å². The van der Waals surface area contributed by atoms with Crippen molar-refractivity contribution in [2.75, 3.05) is 13.1 Å². The van der Waals surface area contributed by atoms with Gasteiger partial charge in [0.1, 0.15) is 5.92 Å². The molecule has 1 atom stereocenters. The van der Waals surface area contributed by atoms with E-state index in [2.05, 4.69) is 0 Å². The van der Waals surface area contributed by atoms with Gasteiger partial charge >= 0.3 is 0 Å².